The highest BCUT2D eigenvalue weighted by Crippen LogP contribution is 2.22. The summed E-state index contributed by atoms with van der Waals surface area (Å²) in [6.45, 7) is 5.46. The highest BCUT2D eigenvalue weighted by atomic mass is 16.5. The van der Waals surface area contributed by atoms with Crippen LogP contribution in [0.5, 0.6) is 0 Å². The molecule has 11 heavy (non-hydrogen) atoms. The van der Waals surface area contributed by atoms with E-state index in [-0.39, 0.29) is 0 Å². The van der Waals surface area contributed by atoms with E-state index >= 15 is 0 Å². The number of ether oxygens (including phenoxy) is 1. The van der Waals surface area contributed by atoms with E-state index in [9.17, 15) is 0 Å². The van der Waals surface area contributed by atoms with Gasteiger partial charge in [0.2, 0.25) is 0 Å². The molecule has 2 aliphatic rings. The van der Waals surface area contributed by atoms with Gasteiger partial charge in [-0.3, -0.25) is 0 Å². The summed E-state index contributed by atoms with van der Waals surface area (Å²) in [5.41, 5.74) is 0. The predicted octanol–water partition coefficient (Wildman–Crippen LogP) is 1.59. The quantitative estimate of drug-likeness (QED) is 0.567. The van der Waals surface area contributed by atoms with Crippen LogP contribution >= 0.6 is 0 Å². The predicted molar refractivity (Wildman–Crippen MR) is 44.0 cm³/mol. The number of nitrogens with zero attached hydrogens (tertiary/aromatic N) is 1. The summed E-state index contributed by atoms with van der Waals surface area (Å²) >= 11 is 0. The first-order valence-electron chi connectivity index (χ1n) is 4.46. The maximum Gasteiger partial charge on any atom is 0.185 e. The lowest BCUT2D eigenvalue weighted by atomic mass is 10.2. The normalized spacial score (nSPS) is 30.5. The van der Waals surface area contributed by atoms with Crippen LogP contribution in [0.3, 0.4) is 0 Å². The lowest BCUT2D eigenvalue weighted by molar-refractivity contribution is 0.142. The minimum absolute atomic E-state index is 0.616. The number of hydrogen-bond acceptors (Lipinski definition) is 2. The Hall–Kier alpha value is -0.660. The third-order valence-corrected chi connectivity index (χ3v) is 2.34. The van der Waals surface area contributed by atoms with Gasteiger partial charge in [0.15, 0.2) is 5.88 Å². The molecule has 0 spiro atoms. The molecule has 0 bridgehead atoms. The Balaban J connectivity index is 1.98. The zero-order chi connectivity index (χ0) is 7.68. The minimum atomic E-state index is 0.616. The van der Waals surface area contributed by atoms with Gasteiger partial charge in [-0.1, -0.05) is 6.92 Å². The van der Waals surface area contributed by atoms with Crippen molar-refractivity contribution in [2.24, 2.45) is 5.92 Å². The Kier molecular flexibility index (Phi) is 1.76. The largest absolute Gasteiger partial charge is 0.479 e. The van der Waals surface area contributed by atoms with Crippen LogP contribution in [-0.2, 0) is 4.74 Å². The molecule has 2 aliphatic heterocycles. The van der Waals surface area contributed by atoms with Crippen molar-refractivity contribution in [2.75, 3.05) is 19.7 Å². The fourth-order valence-electron chi connectivity index (χ4n) is 1.69. The topological polar surface area (TPSA) is 12.5 Å². The summed E-state index contributed by atoms with van der Waals surface area (Å²) in [6, 6.07) is 0. The molecule has 1 saturated heterocycles. The molecule has 0 aromatic rings. The van der Waals surface area contributed by atoms with Crippen molar-refractivity contribution in [1.29, 1.82) is 0 Å². The van der Waals surface area contributed by atoms with Crippen molar-refractivity contribution in [1.82, 2.24) is 4.90 Å². The number of rotatable bonds is 1. The van der Waals surface area contributed by atoms with Crippen LogP contribution in [0.15, 0.2) is 12.0 Å². The molecule has 0 radical (unpaired) electrons. The molecule has 0 aromatic carbocycles. The summed E-state index contributed by atoms with van der Waals surface area (Å²) < 4.78 is 5.54. The molecule has 2 nitrogen and oxygen atoms in total. The smallest absolute Gasteiger partial charge is 0.185 e. The van der Waals surface area contributed by atoms with Gasteiger partial charge in [0.25, 0.3) is 0 Å². The average Bonchev–Trinajstić information content (AvgIpc) is 2.55. The van der Waals surface area contributed by atoms with Crippen LogP contribution < -0.4 is 0 Å². The average molecular weight is 153 g/mol. The SMILES string of the molecule is CC1C=C(N2CCCC2)OC1. The molecule has 2 heterocycles. The zero-order valence-corrected chi connectivity index (χ0v) is 7.05. The zero-order valence-electron chi connectivity index (χ0n) is 7.05. The maximum absolute atomic E-state index is 5.54. The molecule has 62 valence electrons. The molecule has 0 aromatic heterocycles. The summed E-state index contributed by atoms with van der Waals surface area (Å²) in [5, 5.41) is 0. The fourth-order valence-corrected chi connectivity index (χ4v) is 1.69. The summed E-state index contributed by atoms with van der Waals surface area (Å²) in [4.78, 5) is 2.35. The Morgan fingerprint density at radius 3 is 2.73 bits per heavy atom. The summed E-state index contributed by atoms with van der Waals surface area (Å²) in [7, 11) is 0. The van der Waals surface area contributed by atoms with Gasteiger partial charge >= 0.3 is 0 Å². The van der Waals surface area contributed by atoms with E-state index in [2.05, 4.69) is 17.9 Å². The van der Waals surface area contributed by atoms with E-state index in [1.54, 1.807) is 0 Å². The maximum atomic E-state index is 5.54. The minimum Gasteiger partial charge on any atom is -0.479 e. The monoisotopic (exact) mass is 153 g/mol. The first-order valence-corrected chi connectivity index (χ1v) is 4.46. The van der Waals surface area contributed by atoms with Crippen LogP contribution in [0.2, 0.25) is 0 Å². The number of hydrogen-bond donors (Lipinski definition) is 0. The molecular formula is C9H15NO. The highest BCUT2D eigenvalue weighted by molar-refractivity contribution is 5.02. The first-order chi connectivity index (χ1) is 5.36. The number of likely N-dealkylation sites (tertiary alicyclic amines) is 1. The van der Waals surface area contributed by atoms with Crippen molar-refractivity contribution < 1.29 is 4.74 Å². The molecule has 1 fully saturated rings. The second-order valence-corrected chi connectivity index (χ2v) is 3.49. The van der Waals surface area contributed by atoms with Crippen LogP contribution in [0, 0.1) is 5.92 Å². The third-order valence-electron chi connectivity index (χ3n) is 2.34. The van der Waals surface area contributed by atoms with Gasteiger partial charge in [0, 0.05) is 19.0 Å². The van der Waals surface area contributed by atoms with Gasteiger partial charge in [-0.25, -0.2) is 0 Å². The standard InChI is InChI=1S/C9H15NO/c1-8-6-9(11-7-8)10-4-2-3-5-10/h6,8H,2-5,7H2,1H3. The van der Waals surface area contributed by atoms with E-state index in [1.807, 2.05) is 0 Å². The molecule has 0 amide bonds. The molecule has 1 unspecified atom stereocenters. The second kappa shape index (κ2) is 2.76. The van der Waals surface area contributed by atoms with Gasteiger partial charge in [-0.05, 0) is 18.9 Å². The van der Waals surface area contributed by atoms with Gasteiger partial charge in [0.05, 0.1) is 6.61 Å². The van der Waals surface area contributed by atoms with Crippen molar-refractivity contribution in [2.45, 2.75) is 19.8 Å². The Morgan fingerprint density at radius 2 is 2.18 bits per heavy atom. The van der Waals surface area contributed by atoms with Crippen LogP contribution in [0.4, 0.5) is 0 Å². The fraction of sp³-hybridized carbons (Fsp3) is 0.778. The van der Waals surface area contributed by atoms with Gasteiger partial charge in [-0.15, -0.1) is 0 Å². The molecule has 0 saturated carbocycles. The molecule has 0 aliphatic carbocycles. The molecule has 1 atom stereocenters. The van der Waals surface area contributed by atoms with Crippen LogP contribution in [-0.4, -0.2) is 24.6 Å². The van der Waals surface area contributed by atoms with E-state index in [0.717, 1.165) is 12.5 Å². The van der Waals surface area contributed by atoms with E-state index in [4.69, 9.17) is 4.74 Å². The van der Waals surface area contributed by atoms with Crippen molar-refractivity contribution in [3.63, 3.8) is 0 Å². The van der Waals surface area contributed by atoms with E-state index in [1.165, 1.54) is 25.9 Å². The molecule has 2 rings (SSSR count). The summed E-state index contributed by atoms with van der Waals surface area (Å²) in [6.07, 6.45) is 4.90. The third kappa shape index (κ3) is 1.35. The Bertz CT molecular complexity index is 170. The van der Waals surface area contributed by atoms with Gasteiger partial charge < -0.3 is 9.64 Å². The van der Waals surface area contributed by atoms with Crippen molar-refractivity contribution in [3.8, 4) is 0 Å². The van der Waals surface area contributed by atoms with Gasteiger partial charge in [-0.2, -0.15) is 0 Å². The van der Waals surface area contributed by atoms with Crippen molar-refractivity contribution >= 4 is 0 Å². The first kappa shape index (κ1) is 7.01. The van der Waals surface area contributed by atoms with Crippen LogP contribution in [0.1, 0.15) is 19.8 Å². The lowest BCUT2D eigenvalue weighted by Gasteiger charge is -2.17. The molecule has 0 N–H and O–H groups in total. The highest BCUT2D eigenvalue weighted by Gasteiger charge is 2.20. The second-order valence-electron chi connectivity index (χ2n) is 3.49. The van der Waals surface area contributed by atoms with Gasteiger partial charge in [0.1, 0.15) is 0 Å². The summed E-state index contributed by atoms with van der Waals surface area (Å²) in [5.74, 6) is 1.75. The Labute approximate surface area is 67.8 Å². The Morgan fingerprint density at radius 1 is 1.45 bits per heavy atom. The van der Waals surface area contributed by atoms with E-state index in [0.29, 0.717) is 5.92 Å². The molecular weight excluding hydrogens is 138 g/mol. The van der Waals surface area contributed by atoms with E-state index < -0.39 is 0 Å². The lowest BCUT2D eigenvalue weighted by Crippen LogP contribution is -2.18. The van der Waals surface area contributed by atoms with Crippen LogP contribution in [0.25, 0.3) is 0 Å². The van der Waals surface area contributed by atoms with Crippen molar-refractivity contribution in [3.05, 3.63) is 12.0 Å². The molecule has 2 heteroatoms.